The molecule has 0 fully saturated rings. The number of carbonyl (C=O) groups is 1. The van der Waals surface area contributed by atoms with Gasteiger partial charge in [-0.1, -0.05) is 88.8 Å². The lowest BCUT2D eigenvalue weighted by atomic mass is 9.99. The molecule has 0 atom stereocenters. The van der Waals surface area contributed by atoms with Crippen LogP contribution >= 0.6 is 0 Å². The van der Waals surface area contributed by atoms with E-state index in [-0.39, 0.29) is 0 Å². The number of nitrogens with one attached hydrogen (secondary N) is 1. The van der Waals surface area contributed by atoms with E-state index in [4.69, 9.17) is 6.42 Å². The molecule has 0 aliphatic rings. The number of nitrogens with zero attached hydrogens (tertiary/aromatic N) is 2. The zero-order valence-corrected chi connectivity index (χ0v) is 29.8. The molecule has 1 heterocycles. The summed E-state index contributed by atoms with van der Waals surface area (Å²) in [6.45, 7) is 28.3. The van der Waals surface area contributed by atoms with Gasteiger partial charge in [-0.15, -0.1) is 19.3 Å². The second kappa shape index (κ2) is 29.5. The van der Waals surface area contributed by atoms with Crippen molar-refractivity contribution < 1.29 is 4.79 Å². The molecule has 0 saturated carbocycles. The van der Waals surface area contributed by atoms with Crippen LogP contribution in [0.2, 0.25) is 0 Å². The van der Waals surface area contributed by atoms with Crippen molar-refractivity contribution >= 4 is 12.1 Å². The van der Waals surface area contributed by atoms with Gasteiger partial charge < -0.3 is 10.2 Å². The Morgan fingerprint density at radius 3 is 2.02 bits per heavy atom. The van der Waals surface area contributed by atoms with Gasteiger partial charge in [0, 0.05) is 43.2 Å². The zero-order valence-electron chi connectivity index (χ0n) is 29.8. The number of pyridine rings is 1. The number of allylic oxidation sites excluding steroid dienone is 14. The fourth-order valence-electron chi connectivity index (χ4n) is 3.81. The highest BCUT2D eigenvalue weighted by Gasteiger charge is 2.06. The van der Waals surface area contributed by atoms with Crippen molar-refractivity contribution in [3.8, 4) is 25.2 Å². The number of carbonyl (C=O) groups excluding carboxylic acids is 1. The molecule has 0 spiro atoms. The van der Waals surface area contributed by atoms with Crippen LogP contribution in [0.5, 0.6) is 0 Å². The molecule has 1 rings (SSSR count). The maximum Gasteiger partial charge on any atom is 0.150 e. The first-order valence-electron chi connectivity index (χ1n) is 15.6. The lowest BCUT2D eigenvalue weighted by Gasteiger charge is -2.22. The lowest BCUT2D eigenvalue weighted by molar-refractivity contribution is 0.112. The summed E-state index contributed by atoms with van der Waals surface area (Å²) in [5.41, 5.74) is 8.30. The minimum atomic E-state index is 0.692. The van der Waals surface area contributed by atoms with Gasteiger partial charge in [-0.25, -0.2) is 4.98 Å². The summed E-state index contributed by atoms with van der Waals surface area (Å²) in [4.78, 5) is 17.2. The maximum absolute atomic E-state index is 10.7. The molecule has 45 heavy (non-hydrogen) atoms. The minimum Gasteiger partial charge on any atom is -0.392 e. The van der Waals surface area contributed by atoms with E-state index < -0.39 is 0 Å². The Morgan fingerprint density at radius 2 is 1.60 bits per heavy atom. The second-order valence-corrected chi connectivity index (χ2v) is 9.81. The molecule has 1 aromatic rings. The summed E-state index contributed by atoms with van der Waals surface area (Å²) in [6.07, 6.45) is 33.4. The van der Waals surface area contributed by atoms with Crippen LogP contribution in [0.3, 0.4) is 0 Å². The monoisotopic (exact) mass is 609 g/mol. The first-order chi connectivity index (χ1) is 21.6. The van der Waals surface area contributed by atoms with Gasteiger partial charge in [0.05, 0.1) is 0 Å². The third-order valence-electron chi connectivity index (χ3n) is 6.10. The van der Waals surface area contributed by atoms with Crippen molar-refractivity contribution in [2.24, 2.45) is 0 Å². The fraction of sp³-hybridized carbons (Fsp3) is 0.366. The van der Waals surface area contributed by atoms with E-state index in [0.717, 1.165) is 78.0 Å². The van der Waals surface area contributed by atoms with Gasteiger partial charge in [0.15, 0.2) is 0 Å². The number of hydrogen-bond donors (Lipinski definition) is 1. The van der Waals surface area contributed by atoms with Gasteiger partial charge in [-0.2, -0.15) is 0 Å². The SMILES string of the molecule is C#C.C#C/C(C)=C(C=C(C)C)\C=C(/C=C)C/C=C(/C=C(\C)NC)C(\C=C)=C/C.CC.CCCN(CCC)c1cc(C=O)ccn1. The molecule has 244 valence electrons. The van der Waals surface area contributed by atoms with Crippen LogP contribution < -0.4 is 10.2 Å². The van der Waals surface area contributed by atoms with Crippen molar-refractivity contribution in [3.05, 3.63) is 119 Å². The summed E-state index contributed by atoms with van der Waals surface area (Å²) in [6, 6.07) is 3.57. The quantitative estimate of drug-likeness (QED) is 0.122. The van der Waals surface area contributed by atoms with Crippen LogP contribution in [0.4, 0.5) is 5.82 Å². The number of rotatable bonds is 15. The maximum atomic E-state index is 10.7. The smallest absolute Gasteiger partial charge is 0.150 e. The van der Waals surface area contributed by atoms with E-state index in [0.29, 0.717) is 5.56 Å². The molecule has 1 aromatic heterocycles. The average Bonchev–Trinajstić information content (AvgIpc) is 3.07. The van der Waals surface area contributed by atoms with Crippen molar-refractivity contribution in [1.29, 1.82) is 0 Å². The summed E-state index contributed by atoms with van der Waals surface area (Å²) in [5, 5.41) is 3.16. The molecular formula is C41H59N3O. The summed E-state index contributed by atoms with van der Waals surface area (Å²) in [5.74, 6) is 3.64. The normalized spacial score (nSPS) is 11.7. The van der Waals surface area contributed by atoms with Gasteiger partial charge in [-0.05, 0) is 94.4 Å². The number of aldehydes is 1. The van der Waals surface area contributed by atoms with Crippen LogP contribution in [-0.2, 0) is 0 Å². The number of hydrogen-bond acceptors (Lipinski definition) is 4. The summed E-state index contributed by atoms with van der Waals surface area (Å²) in [7, 11) is 1.92. The van der Waals surface area contributed by atoms with E-state index in [9.17, 15) is 4.79 Å². The molecule has 0 aliphatic heterocycles. The number of aromatic nitrogens is 1. The predicted molar refractivity (Wildman–Crippen MR) is 202 cm³/mol. The van der Waals surface area contributed by atoms with Crippen molar-refractivity contribution in [2.45, 2.75) is 81.6 Å². The zero-order chi connectivity index (χ0) is 35.2. The van der Waals surface area contributed by atoms with Gasteiger partial charge in [0.2, 0.25) is 0 Å². The van der Waals surface area contributed by atoms with Crippen LogP contribution in [0.15, 0.2) is 113 Å². The highest BCUT2D eigenvalue weighted by atomic mass is 16.1. The van der Waals surface area contributed by atoms with Crippen molar-refractivity contribution in [1.82, 2.24) is 10.3 Å². The average molecular weight is 610 g/mol. The molecule has 0 aliphatic carbocycles. The van der Waals surface area contributed by atoms with Gasteiger partial charge in [0.25, 0.3) is 0 Å². The Kier molecular flexibility index (Phi) is 29.5. The minimum absolute atomic E-state index is 0.692. The number of terminal acetylenes is 2. The van der Waals surface area contributed by atoms with Crippen LogP contribution in [-0.4, -0.2) is 31.4 Å². The summed E-state index contributed by atoms with van der Waals surface area (Å²) >= 11 is 0. The molecular weight excluding hydrogens is 550 g/mol. The molecule has 4 nitrogen and oxygen atoms in total. The Bertz CT molecular complexity index is 1260. The first-order valence-corrected chi connectivity index (χ1v) is 15.6. The van der Waals surface area contributed by atoms with Crippen molar-refractivity contribution in [3.63, 3.8) is 0 Å². The Hall–Kier alpha value is -4.54. The van der Waals surface area contributed by atoms with E-state index in [1.807, 2.05) is 59.9 Å². The largest absolute Gasteiger partial charge is 0.392 e. The van der Waals surface area contributed by atoms with Gasteiger partial charge in [-0.3, -0.25) is 4.79 Å². The molecule has 4 heteroatoms. The van der Waals surface area contributed by atoms with E-state index in [1.165, 1.54) is 5.57 Å². The Labute approximate surface area is 277 Å². The van der Waals surface area contributed by atoms with Crippen molar-refractivity contribution in [2.75, 3.05) is 25.0 Å². The van der Waals surface area contributed by atoms with Gasteiger partial charge >= 0.3 is 0 Å². The second-order valence-electron chi connectivity index (χ2n) is 9.81. The van der Waals surface area contributed by atoms with E-state index in [1.54, 1.807) is 12.3 Å². The van der Waals surface area contributed by atoms with Crippen LogP contribution in [0.25, 0.3) is 0 Å². The third-order valence-corrected chi connectivity index (χ3v) is 6.10. The number of anilines is 1. The molecule has 0 radical (unpaired) electrons. The fourth-order valence-corrected chi connectivity index (χ4v) is 3.81. The molecule has 0 bridgehead atoms. The Morgan fingerprint density at radius 1 is 1.00 bits per heavy atom. The van der Waals surface area contributed by atoms with Gasteiger partial charge in [0.1, 0.15) is 12.1 Å². The summed E-state index contributed by atoms with van der Waals surface area (Å²) < 4.78 is 0. The standard InChI is InChI=1S/C25H33N.C12H18N2O.C2H6.C2H2/c1-10-20(7)25(16-19(5)6)18-22(11-2)14-15-24(17-21(8)26-9)23(12-3)13-4;1-3-7-14(8-4-2)12-9-11(10-15)5-6-13-12;2*1-2/h1,11-13,15-18,26H,2-3,14H2,4-9H3;5-6,9-10H,3-4,7-8H2,1-2H3;1-2H3;1-2H/b21-17+,22-18+,23-13-,24-15-,25-20-;;;. The predicted octanol–water partition coefficient (Wildman–Crippen LogP) is 10.4. The Balaban J connectivity index is -0.000000782. The molecule has 0 amide bonds. The molecule has 0 unspecified atom stereocenters. The highest BCUT2D eigenvalue weighted by molar-refractivity contribution is 5.76. The van der Waals surface area contributed by atoms with Crippen LogP contribution in [0, 0.1) is 25.2 Å². The topological polar surface area (TPSA) is 45.2 Å². The third kappa shape index (κ3) is 20.1. The first kappa shape index (κ1) is 44.9. The van der Waals surface area contributed by atoms with E-state index in [2.05, 4.69) is 105 Å². The van der Waals surface area contributed by atoms with E-state index >= 15 is 0 Å². The highest BCUT2D eigenvalue weighted by Crippen LogP contribution is 2.20. The molecule has 0 aromatic carbocycles. The lowest BCUT2D eigenvalue weighted by Crippen LogP contribution is -2.25. The van der Waals surface area contributed by atoms with Crippen LogP contribution in [0.1, 0.15) is 91.9 Å². The molecule has 0 saturated heterocycles. The molecule has 1 N–H and O–H groups in total.